The first-order valence-electron chi connectivity index (χ1n) is 16.4. The summed E-state index contributed by atoms with van der Waals surface area (Å²) in [5.41, 5.74) is 7.56. The average molecular weight is 632 g/mol. The van der Waals surface area contributed by atoms with Gasteiger partial charge in [0.15, 0.2) is 0 Å². The molecule has 0 bridgehead atoms. The van der Waals surface area contributed by atoms with Crippen LogP contribution in [0.1, 0.15) is 62.0 Å². The van der Waals surface area contributed by atoms with Gasteiger partial charge in [0.05, 0.1) is 25.2 Å². The van der Waals surface area contributed by atoms with Crippen molar-refractivity contribution in [3.05, 3.63) is 65.3 Å². The first-order chi connectivity index (χ1) is 22.0. The van der Waals surface area contributed by atoms with Gasteiger partial charge < -0.3 is 30.5 Å². The van der Waals surface area contributed by atoms with E-state index in [9.17, 15) is 9.59 Å². The van der Waals surface area contributed by atoms with Gasteiger partial charge in [-0.05, 0) is 69.9 Å². The number of nitrogens with zero attached hydrogens (tertiary/aromatic N) is 5. The van der Waals surface area contributed by atoms with Crippen molar-refractivity contribution in [3.63, 3.8) is 0 Å². The molecule has 3 aliphatic heterocycles. The molecule has 4 atom stereocenters. The zero-order valence-electron chi connectivity index (χ0n) is 26.1. The Bertz CT molecular complexity index is 1440. The highest BCUT2D eigenvalue weighted by Gasteiger charge is 2.41. The van der Waals surface area contributed by atoms with E-state index in [-0.39, 0.29) is 24.0 Å². The fourth-order valence-electron chi connectivity index (χ4n) is 6.61. The zero-order chi connectivity index (χ0) is 31.2. The van der Waals surface area contributed by atoms with Crippen LogP contribution >= 0.6 is 11.3 Å². The van der Waals surface area contributed by atoms with Crippen LogP contribution in [0.4, 0.5) is 0 Å². The van der Waals surface area contributed by atoms with Gasteiger partial charge in [-0.15, -0.1) is 11.3 Å². The summed E-state index contributed by atoms with van der Waals surface area (Å²) in [6.07, 6.45) is 9.83. The Morgan fingerprint density at radius 1 is 1.09 bits per heavy atom. The van der Waals surface area contributed by atoms with Crippen molar-refractivity contribution < 1.29 is 14.3 Å². The van der Waals surface area contributed by atoms with E-state index in [0.717, 1.165) is 39.9 Å². The molecule has 0 saturated carbocycles. The molecule has 240 valence electrons. The molecule has 10 nitrogen and oxygen atoms in total. The molecule has 3 aliphatic rings. The lowest BCUT2D eigenvalue weighted by Gasteiger charge is -2.41. The molecular weight excluding hydrogens is 586 g/mol. The predicted molar refractivity (Wildman–Crippen MR) is 178 cm³/mol. The van der Waals surface area contributed by atoms with Gasteiger partial charge in [0.25, 0.3) is 6.02 Å². The molecule has 6 rings (SSSR count). The Kier molecular flexibility index (Phi) is 10.3. The quantitative estimate of drug-likeness (QED) is 0.326. The van der Waals surface area contributed by atoms with Crippen molar-refractivity contribution in [1.29, 1.82) is 0 Å². The van der Waals surface area contributed by atoms with Crippen LogP contribution in [0.3, 0.4) is 0 Å². The molecule has 2 fully saturated rings. The molecule has 2 amide bonds. The Balaban J connectivity index is 1.11. The van der Waals surface area contributed by atoms with E-state index >= 15 is 0 Å². The summed E-state index contributed by atoms with van der Waals surface area (Å²) >= 11 is 1.63. The van der Waals surface area contributed by atoms with E-state index in [0.29, 0.717) is 38.6 Å². The molecule has 2 saturated heterocycles. The lowest BCUT2D eigenvalue weighted by atomic mass is 10.0. The number of hydrogen-bond acceptors (Lipinski definition) is 9. The lowest BCUT2D eigenvalue weighted by molar-refractivity contribution is -0.144. The van der Waals surface area contributed by atoms with Gasteiger partial charge in [-0.25, -0.2) is 4.99 Å². The van der Waals surface area contributed by atoms with Gasteiger partial charge in [0.2, 0.25) is 11.8 Å². The predicted octanol–water partition coefficient (Wildman–Crippen LogP) is 3.92. The topological polar surface area (TPSA) is 116 Å². The number of piperazine rings is 1. The highest BCUT2D eigenvalue weighted by Crippen LogP contribution is 2.31. The number of hydrogen-bond donors (Lipinski definition) is 2. The number of nitrogens with one attached hydrogen (secondary N) is 1. The summed E-state index contributed by atoms with van der Waals surface area (Å²) in [5, 5.41) is 4.15. The van der Waals surface area contributed by atoms with E-state index in [4.69, 9.17) is 15.5 Å². The highest BCUT2D eigenvalue weighted by atomic mass is 32.1. The maximum atomic E-state index is 13.8. The minimum Gasteiger partial charge on any atom is -0.455 e. The molecule has 2 aromatic heterocycles. The van der Waals surface area contributed by atoms with E-state index in [1.54, 1.807) is 22.4 Å². The third-order valence-corrected chi connectivity index (χ3v) is 10.3. The summed E-state index contributed by atoms with van der Waals surface area (Å²) in [5.74, 6) is -0.363. The second-order valence-corrected chi connectivity index (χ2v) is 13.6. The van der Waals surface area contributed by atoms with Crippen LogP contribution in [-0.4, -0.2) is 94.9 Å². The number of ether oxygens (including phenoxy) is 1. The third kappa shape index (κ3) is 7.65. The van der Waals surface area contributed by atoms with E-state index in [2.05, 4.69) is 21.3 Å². The summed E-state index contributed by atoms with van der Waals surface area (Å²) in [6, 6.07) is 13.2. The van der Waals surface area contributed by atoms with E-state index in [1.807, 2.05) is 54.4 Å². The maximum Gasteiger partial charge on any atom is 0.288 e. The summed E-state index contributed by atoms with van der Waals surface area (Å²) in [6.45, 7) is 7.01. The van der Waals surface area contributed by atoms with Gasteiger partial charge in [0.1, 0.15) is 12.1 Å². The number of pyridine rings is 1. The van der Waals surface area contributed by atoms with Crippen molar-refractivity contribution >= 4 is 39.3 Å². The molecule has 0 radical (unpaired) electrons. The average Bonchev–Trinajstić information content (AvgIpc) is 3.69. The van der Waals surface area contributed by atoms with Crippen molar-refractivity contribution in [2.75, 3.05) is 39.3 Å². The fourth-order valence-corrected chi connectivity index (χ4v) is 7.58. The molecule has 0 spiro atoms. The number of piperidine rings is 1. The molecule has 1 aromatic carbocycles. The second-order valence-electron chi connectivity index (χ2n) is 12.4. The molecule has 3 aromatic rings. The van der Waals surface area contributed by atoms with Gasteiger partial charge in [-0.2, -0.15) is 0 Å². The molecule has 0 unspecified atom stereocenters. The largest absolute Gasteiger partial charge is 0.455 e. The summed E-state index contributed by atoms with van der Waals surface area (Å²) < 4.78 is 7.48. The number of carbonyl (C=O) groups is 2. The van der Waals surface area contributed by atoms with Crippen LogP contribution in [0.25, 0.3) is 10.1 Å². The van der Waals surface area contributed by atoms with Gasteiger partial charge >= 0.3 is 0 Å². The Hall–Kier alpha value is -3.54. The molecule has 3 N–H and O–H groups in total. The Morgan fingerprint density at radius 3 is 2.71 bits per heavy atom. The molecule has 5 heterocycles. The first kappa shape index (κ1) is 31.4. The van der Waals surface area contributed by atoms with Crippen molar-refractivity contribution in [1.82, 2.24) is 25.0 Å². The highest BCUT2D eigenvalue weighted by molar-refractivity contribution is 7.19. The smallest absolute Gasteiger partial charge is 0.288 e. The minimum absolute atomic E-state index is 0.0600. The summed E-state index contributed by atoms with van der Waals surface area (Å²) in [7, 11) is 0. The third-order valence-electron chi connectivity index (χ3n) is 9.16. The fraction of sp³-hybridized carbons (Fsp3) is 0.529. The lowest BCUT2D eigenvalue weighted by Crippen LogP contribution is -2.63. The Morgan fingerprint density at radius 2 is 1.91 bits per heavy atom. The number of amidine groups is 1. The number of rotatable bonds is 10. The SMILES string of the molecule is C[C@@H]1N=C(N2CCN(C(=O)[C@H](N)CCCCN3CCCCC3)[C@H](C(=O)NCc3cc4cnccc4s3)C2)O[C@H]1c1ccccc1. The van der Waals surface area contributed by atoms with Gasteiger partial charge in [0, 0.05) is 40.4 Å². The number of likely N-dealkylation sites (tertiary alicyclic amines) is 1. The van der Waals surface area contributed by atoms with Crippen molar-refractivity contribution in [3.8, 4) is 0 Å². The molecule has 0 aliphatic carbocycles. The van der Waals surface area contributed by atoms with Crippen LogP contribution in [0, 0.1) is 0 Å². The number of fused-ring (bicyclic) bond motifs is 1. The van der Waals surface area contributed by atoms with Crippen LogP contribution < -0.4 is 11.1 Å². The number of amides is 2. The van der Waals surface area contributed by atoms with E-state index in [1.165, 1.54) is 32.4 Å². The molecule has 45 heavy (non-hydrogen) atoms. The normalized spacial score (nSPS) is 23.1. The Labute approximate surface area is 269 Å². The minimum atomic E-state index is -0.709. The van der Waals surface area contributed by atoms with Crippen LogP contribution in [0.15, 0.2) is 59.9 Å². The number of aliphatic imine (C=N–C) groups is 1. The molecule has 11 heteroatoms. The van der Waals surface area contributed by atoms with Crippen LogP contribution in [-0.2, 0) is 20.9 Å². The standard InChI is InChI=1S/C34H45N7O3S/c1-24-31(25-10-4-2-5-11-25)44-34(38-24)40-18-19-41(33(43)28(35)12-6-9-17-39-15-7-3-8-16-39)29(23-40)32(42)37-22-27-20-26-21-36-14-13-30(26)45-27/h2,4-5,10-11,13-14,20-21,24,28-29,31H,3,6-9,12,15-19,22-23,35H2,1H3,(H,37,42)/t24-,28+,29-,31+/m0/s1. The second kappa shape index (κ2) is 14.7. The number of nitrogens with two attached hydrogens (primary N) is 1. The zero-order valence-corrected chi connectivity index (χ0v) is 27.0. The number of carbonyl (C=O) groups excluding carboxylic acids is 2. The van der Waals surface area contributed by atoms with E-state index < -0.39 is 12.1 Å². The van der Waals surface area contributed by atoms with Gasteiger partial charge in [-0.3, -0.25) is 14.6 Å². The summed E-state index contributed by atoms with van der Waals surface area (Å²) in [4.78, 5) is 43.8. The number of unbranched alkanes of at least 4 members (excludes halogenated alkanes) is 1. The number of aromatic nitrogens is 1. The van der Waals surface area contributed by atoms with Crippen LogP contribution in [0.5, 0.6) is 0 Å². The number of benzene rings is 1. The maximum absolute atomic E-state index is 13.8. The van der Waals surface area contributed by atoms with Gasteiger partial charge in [-0.1, -0.05) is 43.2 Å². The molecular formula is C34H45N7O3S. The number of thiophene rings is 1. The monoisotopic (exact) mass is 631 g/mol. The van der Waals surface area contributed by atoms with Crippen LogP contribution in [0.2, 0.25) is 0 Å². The first-order valence-corrected chi connectivity index (χ1v) is 17.2. The van der Waals surface area contributed by atoms with Crippen molar-refractivity contribution in [2.45, 2.75) is 76.2 Å². The van der Waals surface area contributed by atoms with Crippen molar-refractivity contribution in [2.24, 2.45) is 10.7 Å².